The van der Waals surface area contributed by atoms with E-state index >= 15 is 0 Å². The van der Waals surface area contributed by atoms with Gasteiger partial charge in [-0.05, 0) is 66.1 Å². The van der Waals surface area contributed by atoms with E-state index in [1.807, 2.05) is 13.8 Å². The van der Waals surface area contributed by atoms with Crippen LogP contribution in [0.15, 0.2) is 77.7 Å². The zero-order chi connectivity index (χ0) is 27.2. The Morgan fingerprint density at radius 3 is 2.30 bits per heavy atom. The molecular formula is C26H25ClF3NO5S. The van der Waals surface area contributed by atoms with E-state index < -0.39 is 26.8 Å². The molecule has 0 spiro atoms. The van der Waals surface area contributed by atoms with Crippen molar-refractivity contribution in [3.05, 3.63) is 88.9 Å². The highest BCUT2D eigenvalue weighted by molar-refractivity contribution is 7.87. The van der Waals surface area contributed by atoms with E-state index in [1.165, 1.54) is 18.2 Å². The molecule has 0 saturated carbocycles. The van der Waals surface area contributed by atoms with Crippen LogP contribution in [0, 0.1) is 5.92 Å². The van der Waals surface area contributed by atoms with Crippen LogP contribution in [0.1, 0.15) is 25.0 Å². The number of carbonyl (C=O) groups excluding carboxylic acids is 1. The molecule has 0 unspecified atom stereocenters. The van der Waals surface area contributed by atoms with Crippen molar-refractivity contribution < 1.29 is 35.3 Å². The smallest absolute Gasteiger partial charge is 0.416 e. The van der Waals surface area contributed by atoms with Crippen LogP contribution in [-0.2, 0) is 27.6 Å². The molecule has 0 aliphatic heterocycles. The highest BCUT2D eigenvalue weighted by atomic mass is 35.5. The molecule has 198 valence electrons. The molecule has 3 aromatic carbocycles. The van der Waals surface area contributed by atoms with Crippen LogP contribution >= 0.6 is 11.6 Å². The Bertz CT molecular complexity index is 1330. The van der Waals surface area contributed by atoms with Crippen LogP contribution in [0.4, 0.5) is 13.2 Å². The summed E-state index contributed by atoms with van der Waals surface area (Å²) in [6, 6.07) is 15.9. The quantitative estimate of drug-likeness (QED) is 0.279. The average molecular weight is 556 g/mol. The van der Waals surface area contributed by atoms with E-state index in [-0.39, 0.29) is 30.7 Å². The summed E-state index contributed by atoms with van der Waals surface area (Å²) in [5.74, 6) is 0.244. The molecule has 0 radical (unpaired) electrons. The lowest BCUT2D eigenvalue weighted by atomic mass is 10.1. The van der Waals surface area contributed by atoms with E-state index in [0.717, 1.165) is 18.2 Å². The third-order valence-electron chi connectivity index (χ3n) is 5.04. The molecule has 0 heterocycles. The summed E-state index contributed by atoms with van der Waals surface area (Å²) >= 11 is 5.86. The molecule has 0 fully saturated rings. The van der Waals surface area contributed by atoms with Gasteiger partial charge in [0.1, 0.15) is 16.4 Å². The van der Waals surface area contributed by atoms with E-state index in [2.05, 4.69) is 0 Å². The number of carbonyl (C=O) groups is 1. The monoisotopic (exact) mass is 555 g/mol. The summed E-state index contributed by atoms with van der Waals surface area (Å²) in [7, 11) is -4.53. The van der Waals surface area contributed by atoms with Crippen molar-refractivity contribution in [1.82, 2.24) is 4.90 Å². The molecule has 3 aromatic rings. The zero-order valence-electron chi connectivity index (χ0n) is 20.0. The van der Waals surface area contributed by atoms with E-state index in [1.54, 1.807) is 35.2 Å². The molecule has 0 aromatic heterocycles. The molecule has 11 heteroatoms. The van der Waals surface area contributed by atoms with Crippen LogP contribution in [-0.4, -0.2) is 32.4 Å². The van der Waals surface area contributed by atoms with Gasteiger partial charge in [-0.15, -0.1) is 0 Å². The fourth-order valence-electron chi connectivity index (χ4n) is 3.38. The molecule has 0 saturated heterocycles. The van der Waals surface area contributed by atoms with Gasteiger partial charge in [0.25, 0.3) is 5.91 Å². The molecule has 0 bridgehead atoms. The van der Waals surface area contributed by atoms with Gasteiger partial charge in [0.15, 0.2) is 6.61 Å². The maximum Gasteiger partial charge on any atom is 0.416 e. The fourth-order valence-corrected chi connectivity index (χ4v) is 4.48. The average Bonchev–Trinajstić information content (AvgIpc) is 2.82. The van der Waals surface area contributed by atoms with Crippen molar-refractivity contribution in [3.8, 4) is 11.5 Å². The maximum absolute atomic E-state index is 13.0. The number of alkyl halides is 3. The molecule has 6 nitrogen and oxygen atoms in total. The predicted octanol–water partition coefficient (Wildman–Crippen LogP) is 6.19. The summed E-state index contributed by atoms with van der Waals surface area (Å²) in [6.07, 6.45) is -4.70. The molecule has 0 atom stereocenters. The molecule has 0 N–H and O–H groups in total. The van der Waals surface area contributed by atoms with Gasteiger partial charge >= 0.3 is 16.3 Å². The lowest BCUT2D eigenvalue weighted by molar-refractivity contribution is -0.137. The highest BCUT2D eigenvalue weighted by Gasteiger charge is 2.32. The maximum atomic E-state index is 13.0. The van der Waals surface area contributed by atoms with E-state index in [4.69, 9.17) is 20.5 Å². The molecule has 3 rings (SSSR count). The summed E-state index contributed by atoms with van der Waals surface area (Å²) in [5.41, 5.74) is -0.535. The molecule has 0 aliphatic carbocycles. The topological polar surface area (TPSA) is 72.9 Å². The Balaban J connectivity index is 1.73. The Morgan fingerprint density at radius 2 is 1.65 bits per heavy atom. The number of halogens is 4. The first-order valence-corrected chi connectivity index (χ1v) is 13.0. The van der Waals surface area contributed by atoms with Crippen molar-refractivity contribution in [2.75, 3.05) is 13.2 Å². The first kappa shape index (κ1) is 28.3. The predicted molar refractivity (Wildman–Crippen MR) is 133 cm³/mol. The minimum Gasteiger partial charge on any atom is -0.484 e. The Morgan fingerprint density at radius 1 is 0.973 bits per heavy atom. The molecular weight excluding hydrogens is 531 g/mol. The number of amides is 1. The second-order valence-corrected chi connectivity index (χ2v) is 10.6. The highest BCUT2D eigenvalue weighted by Crippen LogP contribution is 2.31. The third-order valence-corrected chi connectivity index (χ3v) is 6.54. The van der Waals surface area contributed by atoms with Crippen molar-refractivity contribution in [2.24, 2.45) is 5.92 Å². The summed E-state index contributed by atoms with van der Waals surface area (Å²) in [5, 5.41) is 0.539. The molecule has 1 amide bonds. The van der Waals surface area contributed by atoms with Crippen LogP contribution in [0.5, 0.6) is 11.5 Å². The van der Waals surface area contributed by atoms with E-state index in [9.17, 15) is 26.4 Å². The number of ether oxygens (including phenoxy) is 1. The minimum atomic E-state index is -4.70. The lowest BCUT2D eigenvalue weighted by Gasteiger charge is -2.25. The van der Waals surface area contributed by atoms with Gasteiger partial charge in [-0.25, -0.2) is 0 Å². The number of hydrogen-bond acceptors (Lipinski definition) is 5. The van der Waals surface area contributed by atoms with Crippen molar-refractivity contribution in [3.63, 3.8) is 0 Å². The van der Waals surface area contributed by atoms with Gasteiger partial charge in [0.05, 0.1) is 5.56 Å². The Hall–Kier alpha value is -3.24. The van der Waals surface area contributed by atoms with Gasteiger partial charge in [0.2, 0.25) is 0 Å². The van der Waals surface area contributed by atoms with Gasteiger partial charge in [0, 0.05) is 18.1 Å². The summed E-state index contributed by atoms with van der Waals surface area (Å²) in [6.45, 7) is 4.23. The number of rotatable bonds is 10. The second kappa shape index (κ2) is 11.9. The Kier molecular flexibility index (Phi) is 9.09. The van der Waals surface area contributed by atoms with Crippen LogP contribution in [0.25, 0.3) is 0 Å². The number of benzene rings is 3. The number of hydrogen-bond donors (Lipinski definition) is 0. The lowest BCUT2D eigenvalue weighted by Crippen LogP contribution is -2.37. The summed E-state index contributed by atoms with van der Waals surface area (Å²) in [4.78, 5) is 13.8. The third kappa shape index (κ3) is 8.40. The van der Waals surface area contributed by atoms with E-state index in [0.29, 0.717) is 28.9 Å². The summed E-state index contributed by atoms with van der Waals surface area (Å²) < 4.78 is 74.9. The second-order valence-electron chi connectivity index (χ2n) is 8.62. The standard InChI is InChI=1S/C26H25ClF3NO5S/c1-18(2)15-31(25(32)17-35-22-11-9-21(27)10-12-22)16-19-5-3-7-23(13-19)36-37(33,34)24-8-4-6-20(14-24)26(28,29)30/h3-14,18H,15-17H2,1-2H3. The zero-order valence-corrected chi connectivity index (χ0v) is 21.6. The van der Waals surface area contributed by atoms with Crippen molar-refractivity contribution in [1.29, 1.82) is 0 Å². The van der Waals surface area contributed by atoms with Crippen LogP contribution in [0.2, 0.25) is 5.02 Å². The molecule has 37 heavy (non-hydrogen) atoms. The van der Waals surface area contributed by atoms with Gasteiger partial charge in [-0.3, -0.25) is 4.79 Å². The van der Waals surface area contributed by atoms with Crippen molar-refractivity contribution in [2.45, 2.75) is 31.5 Å². The van der Waals surface area contributed by atoms with Gasteiger partial charge in [-0.2, -0.15) is 21.6 Å². The normalized spacial score (nSPS) is 11.9. The largest absolute Gasteiger partial charge is 0.484 e. The first-order chi connectivity index (χ1) is 17.3. The number of nitrogens with zero attached hydrogens (tertiary/aromatic N) is 1. The van der Waals surface area contributed by atoms with Crippen LogP contribution < -0.4 is 8.92 Å². The Labute approximate surface area is 218 Å². The van der Waals surface area contributed by atoms with Crippen molar-refractivity contribution >= 4 is 27.6 Å². The first-order valence-electron chi connectivity index (χ1n) is 11.2. The molecule has 0 aliphatic rings. The van der Waals surface area contributed by atoms with Gasteiger partial charge < -0.3 is 13.8 Å². The van der Waals surface area contributed by atoms with Crippen LogP contribution in [0.3, 0.4) is 0 Å². The SMILES string of the molecule is CC(C)CN(Cc1cccc(OS(=O)(=O)c2cccc(C(F)(F)F)c2)c1)C(=O)COc1ccc(Cl)cc1. The fraction of sp³-hybridized carbons (Fsp3) is 0.269. The van der Waals surface area contributed by atoms with Gasteiger partial charge in [-0.1, -0.05) is 43.6 Å². The minimum absolute atomic E-state index is 0.0933.